The number of sulfone groups is 1. The molecule has 1 amide bonds. The molecule has 29 heavy (non-hydrogen) atoms. The lowest BCUT2D eigenvalue weighted by Gasteiger charge is -2.14. The van der Waals surface area contributed by atoms with Crippen LogP contribution in [-0.2, 0) is 20.8 Å². The Morgan fingerprint density at radius 2 is 1.72 bits per heavy atom. The molecule has 0 unspecified atom stereocenters. The highest BCUT2D eigenvalue weighted by Gasteiger charge is 2.32. The molecule has 5 nitrogen and oxygen atoms in total. The number of hydrogen-bond acceptors (Lipinski definition) is 4. The normalized spacial score (nSPS) is 11.8. The summed E-state index contributed by atoms with van der Waals surface area (Å²) in [4.78, 5) is 10.8. The second-order valence-electron chi connectivity index (χ2n) is 6.37. The van der Waals surface area contributed by atoms with Gasteiger partial charge in [0.1, 0.15) is 5.75 Å². The summed E-state index contributed by atoms with van der Waals surface area (Å²) >= 11 is 5.82. The van der Waals surface area contributed by atoms with E-state index >= 15 is 0 Å². The van der Waals surface area contributed by atoms with Gasteiger partial charge in [-0.1, -0.05) is 11.6 Å². The van der Waals surface area contributed by atoms with Crippen LogP contribution in [0.15, 0.2) is 57.5 Å². The predicted octanol–water partition coefficient (Wildman–Crippen LogP) is 4.66. The van der Waals surface area contributed by atoms with Crippen LogP contribution in [-0.4, -0.2) is 14.3 Å². The summed E-state index contributed by atoms with van der Waals surface area (Å²) in [7, 11) is -4.19. The zero-order valence-electron chi connectivity index (χ0n) is 15.6. The molecule has 0 aliphatic carbocycles. The van der Waals surface area contributed by atoms with Crippen molar-refractivity contribution in [2.75, 3.05) is 0 Å². The van der Waals surface area contributed by atoms with Crippen molar-refractivity contribution in [2.24, 2.45) is 5.73 Å². The van der Waals surface area contributed by atoms with Crippen molar-refractivity contribution in [1.29, 1.82) is 0 Å². The summed E-state index contributed by atoms with van der Waals surface area (Å²) in [5.74, 6) is -0.649. The number of amides is 1. The van der Waals surface area contributed by atoms with Crippen molar-refractivity contribution < 1.29 is 31.1 Å². The molecule has 2 aromatic carbocycles. The average molecular weight is 448 g/mol. The number of hydrogen-bond donors (Lipinski definition) is 1. The lowest BCUT2D eigenvalue weighted by Crippen LogP contribution is -2.19. The number of aryl methyl sites for hydroxylation is 1. The van der Waals surface area contributed by atoms with Crippen LogP contribution in [0.1, 0.15) is 25.0 Å². The molecule has 10 heteroatoms. The minimum atomic E-state index is -4.65. The zero-order chi connectivity index (χ0) is 22.1. The van der Waals surface area contributed by atoms with E-state index in [2.05, 4.69) is 0 Å². The van der Waals surface area contributed by atoms with Crippen molar-refractivity contribution >= 4 is 27.3 Å². The molecule has 0 heterocycles. The number of carbonyl (C=O) groups excluding carboxylic acids is 1. The van der Waals surface area contributed by atoms with Gasteiger partial charge in [-0.2, -0.15) is 13.2 Å². The fourth-order valence-electron chi connectivity index (χ4n) is 2.43. The van der Waals surface area contributed by atoms with Gasteiger partial charge in [0.2, 0.25) is 9.84 Å². The third-order valence-electron chi connectivity index (χ3n) is 3.90. The van der Waals surface area contributed by atoms with Crippen molar-refractivity contribution in [1.82, 2.24) is 0 Å². The van der Waals surface area contributed by atoms with Crippen LogP contribution in [0.3, 0.4) is 0 Å². The number of allylic oxidation sites excluding steroid dienone is 1. The minimum Gasteiger partial charge on any atom is -0.451 e. The molecule has 0 radical (unpaired) electrons. The van der Waals surface area contributed by atoms with E-state index in [1.54, 1.807) is 20.8 Å². The third-order valence-corrected chi connectivity index (χ3v) is 6.13. The van der Waals surface area contributed by atoms with Gasteiger partial charge in [0, 0.05) is 0 Å². The van der Waals surface area contributed by atoms with Crippen molar-refractivity contribution in [2.45, 2.75) is 36.7 Å². The van der Waals surface area contributed by atoms with Crippen LogP contribution in [0.5, 0.6) is 5.75 Å². The Hall–Kier alpha value is -2.52. The molecule has 2 aromatic rings. The predicted molar refractivity (Wildman–Crippen MR) is 101 cm³/mol. The van der Waals surface area contributed by atoms with E-state index < -0.39 is 37.4 Å². The second-order valence-corrected chi connectivity index (χ2v) is 8.69. The van der Waals surface area contributed by atoms with Gasteiger partial charge in [0.25, 0.3) is 5.91 Å². The number of benzene rings is 2. The summed E-state index contributed by atoms with van der Waals surface area (Å²) in [5, 5.41) is -0.543. The molecule has 0 spiro atoms. The summed E-state index contributed by atoms with van der Waals surface area (Å²) in [6, 6.07) is 5.82. The van der Waals surface area contributed by atoms with Crippen LogP contribution in [0, 0.1) is 6.92 Å². The number of nitrogens with two attached hydrogens (primary N) is 1. The first-order chi connectivity index (χ1) is 13.2. The first-order valence-corrected chi connectivity index (χ1v) is 9.99. The molecule has 0 aromatic heterocycles. The number of rotatable bonds is 5. The summed E-state index contributed by atoms with van der Waals surface area (Å²) in [6.45, 7) is 4.80. The molecular formula is C19H17ClF3NO4S. The lowest BCUT2D eigenvalue weighted by molar-refractivity contribution is -0.137. The largest absolute Gasteiger partial charge is 0.451 e. The Bertz CT molecular complexity index is 1100. The fourth-order valence-corrected chi connectivity index (χ4v) is 4.32. The van der Waals surface area contributed by atoms with Crippen LogP contribution >= 0.6 is 11.6 Å². The first-order valence-electron chi connectivity index (χ1n) is 8.12. The highest BCUT2D eigenvalue weighted by Crippen LogP contribution is 2.36. The van der Waals surface area contributed by atoms with E-state index in [0.717, 1.165) is 6.07 Å². The van der Waals surface area contributed by atoms with Gasteiger partial charge in [-0.15, -0.1) is 0 Å². The Kier molecular flexibility index (Phi) is 6.34. The molecule has 0 saturated heterocycles. The number of ether oxygens (including phenoxy) is 1. The van der Waals surface area contributed by atoms with E-state index in [9.17, 15) is 26.4 Å². The van der Waals surface area contributed by atoms with Gasteiger partial charge in [-0.3, -0.25) is 4.79 Å². The van der Waals surface area contributed by atoms with Gasteiger partial charge in [0.15, 0.2) is 5.76 Å². The smallest absolute Gasteiger partial charge is 0.416 e. The zero-order valence-corrected chi connectivity index (χ0v) is 17.2. The number of alkyl halides is 3. The second kappa shape index (κ2) is 8.08. The summed E-state index contributed by atoms with van der Waals surface area (Å²) in [5.41, 5.74) is 5.11. The third kappa shape index (κ3) is 4.91. The van der Waals surface area contributed by atoms with Gasteiger partial charge in [-0.05, 0) is 68.3 Å². The number of primary amides is 1. The summed E-state index contributed by atoms with van der Waals surface area (Å²) in [6.07, 6.45) is -4.65. The highest BCUT2D eigenvalue weighted by molar-refractivity contribution is 7.91. The van der Waals surface area contributed by atoms with Crippen LogP contribution in [0.2, 0.25) is 5.02 Å². The van der Waals surface area contributed by atoms with Gasteiger partial charge in [0.05, 0.1) is 20.4 Å². The van der Waals surface area contributed by atoms with E-state index in [0.29, 0.717) is 23.3 Å². The maximum atomic E-state index is 12.8. The maximum absolute atomic E-state index is 12.8. The Labute approximate surface area is 170 Å². The Morgan fingerprint density at radius 1 is 1.10 bits per heavy atom. The standard InChI is InChI=1S/C19H17ClF3NO4S/c1-10(2)17(18(24)25)28-15-6-5-13(8-11(15)3)29(26,27)16-7-4-12(9-14(16)20)19(21,22)23/h4-9H,1-3H3,(H2,24,25). The van der Waals surface area contributed by atoms with Crippen molar-refractivity contribution in [3.05, 3.63) is 63.9 Å². The average Bonchev–Trinajstić information content (AvgIpc) is 2.58. The number of carbonyl (C=O) groups is 1. The number of halogens is 4. The Balaban J connectivity index is 2.46. The van der Waals surface area contributed by atoms with Gasteiger partial charge >= 0.3 is 6.18 Å². The lowest BCUT2D eigenvalue weighted by atomic mass is 10.2. The van der Waals surface area contributed by atoms with Crippen molar-refractivity contribution in [3.8, 4) is 5.75 Å². The van der Waals surface area contributed by atoms with Crippen LogP contribution < -0.4 is 10.5 Å². The van der Waals surface area contributed by atoms with E-state index in [1.807, 2.05) is 0 Å². The van der Waals surface area contributed by atoms with Crippen LogP contribution in [0.25, 0.3) is 0 Å². The highest BCUT2D eigenvalue weighted by atomic mass is 35.5. The minimum absolute atomic E-state index is 0.0745. The molecule has 0 aliphatic heterocycles. The first kappa shape index (κ1) is 22.8. The maximum Gasteiger partial charge on any atom is 0.416 e. The van der Waals surface area contributed by atoms with Crippen molar-refractivity contribution in [3.63, 3.8) is 0 Å². The molecular weight excluding hydrogens is 431 g/mol. The Morgan fingerprint density at radius 3 is 2.17 bits per heavy atom. The van der Waals surface area contributed by atoms with Gasteiger partial charge in [-0.25, -0.2) is 8.42 Å². The van der Waals surface area contributed by atoms with Gasteiger partial charge < -0.3 is 10.5 Å². The molecule has 156 valence electrons. The topological polar surface area (TPSA) is 86.5 Å². The van der Waals surface area contributed by atoms with E-state index in [-0.39, 0.29) is 16.4 Å². The quantitative estimate of drug-likeness (QED) is 0.533. The summed E-state index contributed by atoms with van der Waals surface area (Å²) < 4.78 is 69.5. The molecule has 0 aliphatic rings. The van der Waals surface area contributed by atoms with E-state index in [1.165, 1.54) is 18.2 Å². The monoisotopic (exact) mass is 447 g/mol. The molecule has 2 rings (SSSR count). The SMILES string of the molecule is CC(C)=C(Oc1ccc(S(=O)(=O)c2ccc(C(F)(F)F)cc2Cl)cc1C)C(N)=O. The molecule has 0 saturated carbocycles. The molecule has 0 fully saturated rings. The molecule has 0 bridgehead atoms. The van der Waals surface area contributed by atoms with E-state index in [4.69, 9.17) is 22.1 Å². The molecule has 0 atom stereocenters. The van der Waals surface area contributed by atoms with Crippen LogP contribution in [0.4, 0.5) is 13.2 Å². The fraction of sp³-hybridized carbons (Fsp3) is 0.211. The molecule has 2 N–H and O–H groups in total.